The maximum atomic E-state index is 10.5. The second-order valence-corrected chi connectivity index (χ2v) is 3.52. The van der Waals surface area contributed by atoms with Crippen molar-refractivity contribution in [1.29, 1.82) is 5.26 Å². The number of rotatable bonds is 2. The zero-order valence-corrected chi connectivity index (χ0v) is 11.2. The fraction of sp³-hybridized carbons (Fsp3) is 0.778. The summed E-state index contributed by atoms with van der Waals surface area (Å²) in [7, 11) is 0. The number of carboxylic acids is 1. The molecule has 1 rings (SSSR count). The summed E-state index contributed by atoms with van der Waals surface area (Å²) >= 11 is 0. The van der Waals surface area contributed by atoms with Crippen LogP contribution in [-0.2, 0) is 4.79 Å². The van der Waals surface area contributed by atoms with Crippen molar-refractivity contribution in [3.05, 3.63) is 0 Å². The zero-order valence-electron chi connectivity index (χ0n) is 9.05. The van der Waals surface area contributed by atoms with Crippen LogP contribution in [0.5, 0.6) is 0 Å². The zero-order chi connectivity index (χ0) is 9.03. The molecule has 0 amide bonds. The van der Waals surface area contributed by atoms with E-state index >= 15 is 0 Å². The van der Waals surface area contributed by atoms with Gasteiger partial charge in [0, 0.05) is 0 Å². The monoisotopic (exact) mass is 207 g/mol. The number of carbonyl (C=O) groups is 1. The maximum absolute atomic E-state index is 10.5. The van der Waals surface area contributed by atoms with Crippen molar-refractivity contribution in [1.82, 2.24) is 0 Å². The molecule has 0 aromatic rings. The van der Waals surface area contributed by atoms with Gasteiger partial charge in [-0.25, -0.2) is 0 Å². The Balaban J connectivity index is 0. The molecule has 1 N–H and O–H groups in total. The van der Waals surface area contributed by atoms with Gasteiger partial charge in [0.1, 0.15) is 0 Å². The van der Waals surface area contributed by atoms with E-state index in [0.29, 0.717) is 0 Å². The summed E-state index contributed by atoms with van der Waals surface area (Å²) < 4.78 is 0. The summed E-state index contributed by atoms with van der Waals surface area (Å²) in [5.74, 6) is -0.849. The molecule has 0 radical (unpaired) electrons. The molecule has 0 aromatic carbocycles. The van der Waals surface area contributed by atoms with E-state index in [-0.39, 0.29) is 59.2 Å². The molecule has 13 heavy (non-hydrogen) atoms. The molecule has 0 saturated heterocycles. The van der Waals surface area contributed by atoms with Crippen LogP contribution in [0.2, 0.25) is 0 Å². The topological polar surface area (TPSA) is 61.1 Å². The number of nitriles is 1. The minimum atomic E-state index is -0.849. The van der Waals surface area contributed by atoms with E-state index in [1.807, 2.05) is 0 Å². The predicted molar refractivity (Wildman–Crippen MR) is 44.5 cm³/mol. The molecule has 0 heterocycles. The second-order valence-electron chi connectivity index (χ2n) is 3.52. The Labute approximate surface area is 122 Å². The molecular formula is C9H14KNO2. The van der Waals surface area contributed by atoms with Crippen LogP contribution < -0.4 is 51.4 Å². The van der Waals surface area contributed by atoms with Crippen LogP contribution in [-0.4, -0.2) is 11.1 Å². The maximum Gasteiger partial charge on any atom is 1.00 e. The molecule has 1 fully saturated rings. The minimum absolute atomic E-state index is 0. The third kappa shape index (κ3) is 4.09. The summed E-state index contributed by atoms with van der Waals surface area (Å²) in [6.07, 6.45) is 4.68. The average Bonchev–Trinajstić information content (AvgIpc) is 2.05. The first-order chi connectivity index (χ1) is 5.68. The summed E-state index contributed by atoms with van der Waals surface area (Å²) in [4.78, 5) is 10.5. The summed E-state index contributed by atoms with van der Waals surface area (Å²) in [6, 6.07) is 2.17. The quantitative estimate of drug-likeness (QED) is 0.594. The Morgan fingerprint density at radius 1 is 1.46 bits per heavy atom. The van der Waals surface area contributed by atoms with Crippen molar-refractivity contribution in [3.63, 3.8) is 0 Å². The average molecular weight is 207 g/mol. The van der Waals surface area contributed by atoms with E-state index in [4.69, 9.17) is 10.4 Å². The van der Waals surface area contributed by atoms with Gasteiger partial charge >= 0.3 is 57.4 Å². The van der Waals surface area contributed by atoms with Gasteiger partial charge in [-0.15, -0.1) is 0 Å². The first-order valence-corrected chi connectivity index (χ1v) is 4.32. The molecule has 3 nitrogen and oxygen atoms in total. The van der Waals surface area contributed by atoms with Crippen LogP contribution in [0, 0.1) is 16.7 Å². The van der Waals surface area contributed by atoms with Crippen LogP contribution >= 0.6 is 0 Å². The number of hydrogen-bond acceptors (Lipinski definition) is 2. The molecule has 0 aromatic heterocycles. The minimum Gasteiger partial charge on any atom is -1.00 e. The fourth-order valence-corrected chi connectivity index (χ4v) is 1.85. The van der Waals surface area contributed by atoms with Gasteiger partial charge in [0.2, 0.25) is 0 Å². The van der Waals surface area contributed by atoms with Crippen molar-refractivity contribution in [3.8, 4) is 6.07 Å². The molecule has 1 aliphatic rings. The summed E-state index contributed by atoms with van der Waals surface area (Å²) in [6.45, 7) is 0. The van der Waals surface area contributed by atoms with Crippen molar-refractivity contribution in [2.24, 2.45) is 5.41 Å². The van der Waals surface area contributed by atoms with Crippen LogP contribution in [0.3, 0.4) is 0 Å². The van der Waals surface area contributed by atoms with E-state index in [2.05, 4.69) is 6.07 Å². The number of nitrogens with zero attached hydrogens (tertiary/aromatic N) is 1. The molecule has 0 spiro atoms. The summed E-state index contributed by atoms with van der Waals surface area (Å²) in [5, 5.41) is 17.5. The standard InChI is InChI=1S/C9H13NO2.K.H/c10-7-9(6-8(11)12)4-2-1-3-5-9;;/h1-6H2,(H,11,12);;/q;+1;-1. The number of carboxylic acid groups (broad SMARTS) is 1. The molecule has 0 bridgehead atoms. The van der Waals surface area contributed by atoms with Crippen LogP contribution in [0.4, 0.5) is 0 Å². The third-order valence-electron chi connectivity index (χ3n) is 2.54. The Kier molecular flexibility index (Phi) is 6.43. The smallest absolute Gasteiger partial charge is 1.00 e. The molecule has 0 unspecified atom stereocenters. The van der Waals surface area contributed by atoms with Crippen LogP contribution in [0.25, 0.3) is 0 Å². The van der Waals surface area contributed by atoms with Crippen molar-refractivity contribution < 1.29 is 62.7 Å². The SMILES string of the molecule is N#CC1(CC(=O)O)CCCCC1.[H-].[K+]. The molecule has 1 saturated carbocycles. The van der Waals surface area contributed by atoms with Gasteiger partial charge in [-0.3, -0.25) is 4.79 Å². The molecule has 4 heteroatoms. The van der Waals surface area contributed by atoms with Gasteiger partial charge in [-0.2, -0.15) is 5.26 Å². The Hall–Kier alpha value is 0.596. The normalized spacial score (nSPS) is 19.6. The Morgan fingerprint density at radius 3 is 2.38 bits per heavy atom. The second kappa shape index (κ2) is 6.15. The van der Waals surface area contributed by atoms with Gasteiger partial charge in [0.25, 0.3) is 0 Å². The number of hydrogen-bond donors (Lipinski definition) is 1. The first-order valence-electron chi connectivity index (χ1n) is 4.32. The van der Waals surface area contributed by atoms with Gasteiger partial charge in [-0.05, 0) is 12.8 Å². The molecule has 68 valence electrons. The largest absolute Gasteiger partial charge is 1.00 e. The third-order valence-corrected chi connectivity index (χ3v) is 2.54. The molecule has 0 aliphatic heterocycles. The Morgan fingerprint density at radius 2 is 2.00 bits per heavy atom. The fourth-order valence-electron chi connectivity index (χ4n) is 1.85. The molecule has 1 aliphatic carbocycles. The Bertz CT molecular complexity index is 221. The van der Waals surface area contributed by atoms with Crippen molar-refractivity contribution in [2.45, 2.75) is 38.5 Å². The molecule has 0 atom stereocenters. The molecular weight excluding hydrogens is 193 g/mol. The predicted octanol–water partition coefficient (Wildman–Crippen LogP) is -0.948. The van der Waals surface area contributed by atoms with Crippen molar-refractivity contribution in [2.75, 3.05) is 0 Å². The number of aliphatic carboxylic acids is 1. The van der Waals surface area contributed by atoms with E-state index in [1.165, 1.54) is 0 Å². The van der Waals surface area contributed by atoms with Crippen LogP contribution in [0.1, 0.15) is 40.0 Å². The van der Waals surface area contributed by atoms with Gasteiger partial charge in [-0.1, -0.05) is 19.3 Å². The van der Waals surface area contributed by atoms with E-state index in [9.17, 15) is 4.79 Å². The van der Waals surface area contributed by atoms with E-state index in [0.717, 1.165) is 32.1 Å². The summed E-state index contributed by atoms with van der Waals surface area (Å²) in [5.41, 5.74) is -0.552. The van der Waals surface area contributed by atoms with E-state index < -0.39 is 11.4 Å². The van der Waals surface area contributed by atoms with E-state index in [1.54, 1.807) is 0 Å². The van der Waals surface area contributed by atoms with Gasteiger partial charge < -0.3 is 6.53 Å². The van der Waals surface area contributed by atoms with Gasteiger partial charge in [0.05, 0.1) is 17.9 Å². The van der Waals surface area contributed by atoms with Gasteiger partial charge in [0.15, 0.2) is 0 Å². The van der Waals surface area contributed by atoms with Crippen LogP contribution in [0.15, 0.2) is 0 Å². The first kappa shape index (κ1) is 13.6. The van der Waals surface area contributed by atoms with Crippen molar-refractivity contribution >= 4 is 5.97 Å².